The number of nitrogens with one attached hydrogen (secondary N) is 2. The van der Waals surface area contributed by atoms with Crippen LogP contribution in [0, 0.1) is 6.92 Å². The van der Waals surface area contributed by atoms with Crippen LogP contribution in [0.1, 0.15) is 55.7 Å². The molecule has 2 amide bonds. The van der Waals surface area contributed by atoms with E-state index in [1.54, 1.807) is 6.92 Å². The summed E-state index contributed by atoms with van der Waals surface area (Å²) in [5, 5.41) is 6.52. The molecule has 0 unspecified atom stereocenters. The first kappa shape index (κ1) is 16.4. The quantitative estimate of drug-likeness (QED) is 0.870. The van der Waals surface area contributed by atoms with Crippen molar-refractivity contribution in [2.24, 2.45) is 5.10 Å². The second-order valence-corrected chi connectivity index (χ2v) is 6.07. The number of aromatic nitrogens is 2. The van der Waals surface area contributed by atoms with E-state index < -0.39 is 17.9 Å². The van der Waals surface area contributed by atoms with Crippen LogP contribution in [0.3, 0.4) is 0 Å². The van der Waals surface area contributed by atoms with E-state index in [2.05, 4.69) is 25.8 Å². The molecule has 0 saturated heterocycles. The lowest BCUT2D eigenvalue weighted by Crippen LogP contribution is -2.47. The number of hydrogen-bond acceptors (Lipinski definition) is 5. The highest BCUT2D eigenvalue weighted by molar-refractivity contribution is 6.43. The monoisotopic (exact) mass is 337 g/mol. The van der Waals surface area contributed by atoms with E-state index in [-0.39, 0.29) is 29.6 Å². The van der Waals surface area contributed by atoms with Gasteiger partial charge in [0.2, 0.25) is 5.91 Å². The molecule has 0 aromatic carbocycles. The van der Waals surface area contributed by atoms with Gasteiger partial charge in [-0.15, -0.1) is 0 Å². The second-order valence-electron chi connectivity index (χ2n) is 6.07. The molecule has 0 bridgehead atoms. The molecule has 0 spiro atoms. The van der Waals surface area contributed by atoms with Gasteiger partial charge < -0.3 is 5.32 Å². The molecule has 1 aromatic rings. The summed E-state index contributed by atoms with van der Waals surface area (Å²) >= 11 is 0. The van der Waals surface area contributed by atoms with E-state index in [0.717, 1.165) is 12.8 Å². The number of rotatable bonds is 4. The number of halogens is 2. The molecule has 128 valence electrons. The molecule has 0 radical (unpaired) electrons. The number of amides is 2. The van der Waals surface area contributed by atoms with Crippen LogP contribution in [0.15, 0.2) is 11.2 Å². The lowest BCUT2D eigenvalue weighted by atomic mass is 9.95. The van der Waals surface area contributed by atoms with Gasteiger partial charge in [0.15, 0.2) is 5.82 Å². The Kier molecular flexibility index (Phi) is 4.25. The molecule has 7 nitrogen and oxygen atoms in total. The lowest BCUT2D eigenvalue weighted by Gasteiger charge is -2.29. The highest BCUT2D eigenvalue weighted by Gasteiger charge is 2.41. The van der Waals surface area contributed by atoms with Crippen molar-refractivity contribution in [2.75, 3.05) is 0 Å². The lowest BCUT2D eigenvalue weighted by molar-refractivity contribution is -0.120. The fraction of sp³-hybridized carbons (Fsp3) is 0.533. The third-order valence-electron chi connectivity index (χ3n) is 4.24. The Bertz CT molecular complexity index is 714. The van der Waals surface area contributed by atoms with Crippen LogP contribution < -0.4 is 10.7 Å². The molecule has 1 saturated carbocycles. The number of nitrogens with zero attached hydrogens (tertiary/aromatic N) is 3. The molecular weight excluding hydrogens is 320 g/mol. The van der Waals surface area contributed by atoms with Crippen LogP contribution in [0.4, 0.5) is 8.78 Å². The van der Waals surface area contributed by atoms with Crippen LogP contribution in [0.2, 0.25) is 0 Å². The number of hydrazone groups is 1. The molecule has 2 aliphatic rings. The Morgan fingerprint density at radius 1 is 1.33 bits per heavy atom. The molecule has 9 heteroatoms. The van der Waals surface area contributed by atoms with Gasteiger partial charge in [-0.1, -0.05) is 12.8 Å². The number of carbonyl (C=O) groups is 2. The van der Waals surface area contributed by atoms with Crippen molar-refractivity contribution in [3.63, 3.8) is 0 Å². The van der Waals surface area contributed by atoms with E-state index in [1.165, 1.54) is 6.07 Å². The van der Waals surface area contributed by atoms with Gasteiger partial charge in [-0.25, -0.2) is 24.2 Å². The Morgan fingerprint density at radius 3 is 2.62 bits per heavy atom. The first-order valence-corrected chi connectivity index (χ1v) is 7.72. The van der Waals surface area contributed by atoms with Gasteiger partial charge in [-0.2, -0.15) is 5.10 Å². The van der Waals surface area contributed by atoms with Gasteiger partial charge in [0.1, 0.15) is 16.9 Å². The van der Waals surface area contributed by atoms with Gasteiger partial charge in [-0.3, -0.25) is 9.59 Å². The SMILES string of the molecule is Cc1cc(C(F)F)nc(C2(NC(=O)C3=NNC(=O)C3)CCCC2)n1. The molecule has 1 aliphatic heterocycles. The minimum Gasteiger partial charge on any atom is -0.338 e. The van der Waals surface area contributed by atoms with Crippen molar-refractivity contribution in [3.05, 3.63) is 23.3 Å². The highest BCUT2D eigenvalue weighted by Crippen LogP contribution is 2.37. The summed E-state index contributed by atoms with van der Waals surface area (Å²) in [4.78, 5) is 31.9. The summed E-state index contributed by atoms with van der Waals surface area (Å²) in [6.45, 7) is 1.62. The molecular formula is C15H17F2N5O2. The van der Waals surface area contributed by atoms with Gasteiger partial charge in [0.05, 0.1) is 6.42 Å². The molecule has 0 atom stereocenters. The van der Waals surface area contributed by atoms with Crippen LogP contribution in [-0.2, 0) is 15.1 Å². The van der Waals surface area contributed by atoms with Crippen LogP contribution in [0.5, 0.6) is 0 Å². The van der Waals surface area contributed by atoms with Crippen molar-refractivity contribution in [2.45, 2.75) is 51.0 Å². The minimum absolute atomic E-state index is 0.0769. The van der Waals surface area contributed by atoms with Crippen LogP contribution >= 0.6 is 0 Å². The second kappa shape index (κ2) is 6.21. The normalized spacial score (nSPS) is 19.3. The zero-order valence-electron chi connectivity index (χ0n) is 13.1. The smallest absolute Gasteiger partial charge is 0.280 e. The fourth-order valence-electron chi connectivity index (χ4n) is 3.08. The zero-order chi connectivity index (χ0) is 17.3. The summed E-state index contributed by atoms with van der Waals surface area (Å²) in [5.41, 5.74) is 1.46. The van der Waals surface area contributed by atoms with Gasteiger partial charge in [0.25, 0.3) is 12.3 Å². The number of alkyl halides is 2. The Morgan fingerprint density at radius 2 is 2.04 bits per heavy atom. The number of hydrogen-bond donors (Lipinski definition) is 2. The van der Waals surface area contributed by atoms with Crippen molar-refractivity contribution >= 4 is 17.5 Å². The van der Waals surface area contributed by atoms with Gasteiger partial charge >= 0.3 is 0 Å². The molecule has 24 heavy (non-hydrogen) atoms. The molecule has 3 rings (SSSR count). The molecule has 1 fully saturated rings. The zero-order valence-corrected chi connectivity index (χ0v) is 13.1. The summed E-state index contributed by atoms with van der Waals surface area (Å²) in [6, 6.07) is 1.24. The number of aryl methyl sites for hydroxylation is 1. The first-order chi connectivity index (χ1) is 11.4. The van der Waals surface area contributed by atoms with E-state index in [0.29, 0.717) is 18.5 Å². The van der Waals surface area contributed by atoms with Crippen molar-refractivity contribution < 1.29 is 18.4 Å². The van der Waals surface area contributed by atoms with Gasteiger partial charge in [0, 0.05) is 5.69 Å². The van der Waals surface area contributed by atoms with E-state index in [4.69, 9.17) is 0 Å². The van der Waals surface area contributed by atoms with E-state index in [1.807, 2.05) is 0 Å². The molecule has 2 heterocycles. The number of carbonyl (C=O) groups excluding carboxylic acids is 2. The van der Waals surface area contributed by atoms with Crippen molar-refractivity contribution in [3.8, 4) is 0 Å². The summed E-state index contributed by atoms with van der Waals surface area (Å²) in [7, 11) is 0. The summed E-state index contributed by atoms with van der Waals surface area (Å²) in [6.07, 6.45) is -0.0466. The third-order valence-corrected chi connectivity index (χ3v) is 4.24. The average Bonchev–Trinajstić information content (AvgIpc) is 3.16. The maximum absolute atomic E-state index is 13.0. The first-order valence-electron chi connectivity index (χ1n) is 7.72. The summed E-state index contributed by atoms with van der Waals surface area (Å²) in [5.74, 6) is -0.659. The summed E-state index contributed by atoms with van der Waals surface area (Å²) < 4.78 is 26.1. The predicted molar refractivity (Wildman–Crippen MR) is 80.2 cm³/mol. The van der Waals surface area contributed by atoms with Gasteiger partial charge in [-0.05, 0) is 25.8 Å². The predicted octanol–water partition coefficient (Wildman–Crippen LogP) is 1.48. The van der Waals surface area contributed by atoms with Crippen LogP contribution in [-0.4, -0.2) is 27.5 Å². The molecule has 1 aliphatic carbocycles. The fourth-order valence-corrected chi connectivity index (χ4v) is 3.08. The average molecular weight is 337 g/mol. The minimum atomic E-state index is -2.71. The van der Waals surface area contributed by atoms with Crippen molar-refractivity contribution in [1.82, 2.24) is 20.7 Å². The largest absolute Gasteiger partial charge is 0.338 e. The Hall–Kier alpha value is -2.45. The third kappa shape index (κ3) is 3.10. The maximum atomic E-state index is 13.0. The van der Waals surface area contributed by atoms with Crippen molar-refractivity contribution in [1.29, 1.82) is 0 Å². The van der Waals surface area contributed by atoms with Crippen LogP contribution in [0.25, 0.3) is 0 Å². The Labute approximate surface area is 136 Å². The standard InChI is InChI=1S/C15H17F2N5O2/c1-8-6-9(12(16)17)19-14(18-8)15(4-2-3-5-15)20-13(24)10-7-11(23)22-21-10/h6,12H,2-5,7H2,1H3,(H,20,24)(H,22,23). The molecule has 1 aromatic heterocycles. The Balaban J connectivity index is 1.91. The van der Waals surface area contributed by atoms with E-state index in [9.17, 15) is 18.4 Å². The van der Waals surface area contributed by atoms with E-state index >= 15 is 0 Å². The topological polar surface area (TPSA) is 96.3 Å². The molecule has 2 N–H and O–H groups in total. The maximum Gasteiger partial charge on any atom is 0.280 e. The highest BCUT2D eigenvalue weighted by atomic mass is 19.3.